The van der Waals surface area contributed by atoms with Crippen molar-refractivity contribution < 1.29 is 4.42 Å². The Balaban J connectivity index is 2.56. The summed E-state index contributed by atoms with van der Waals surface area (Å²) in [5.74, 6) is 0.979. The fraction of sp³-hybridized carbons (Fsp3) is 0.444. The average Bonchev–Trinajstić information content (AvgIpc) is 2.47. The van der Waals surface area contributed by atoms with Gasteiger partial charge in [0, 0.05) is 11.5 Å². The number of nitrogens with two attached hydrogens (primary N) is 1. The molecule has 0 spiro atoms. The van der Waals surface area contributed by atoms with E-state index >= 15 is 0 Å². The Labute approximate surface area is 86.2 Å². The molecular weight excluding hydrogens is 232 g/mol. The van der Waals surface area contributed by atoms with Crippen molar-refractivity contribution in [2.45, 2.75) is 20.4 Å². The monoisotopic (exact) mass is 244 g/mol. The molecule has 0 fully saturated rings. The summed E-state index contributed by atoms with van der Waals surface area (Å²) in [5, 5.41) is 0. The molecule has 0 aliphatic rings. The van der Waals surface area contributed by atoms with E-state index in [1.54, 1.807) is 6.26 Å². The number of rotatable bonds is 3. The summed E-state index contributed by atoms with van der Waals surface area (Å²) in [6, 6.07) is 1.89. The highest BCUT2D eigenvalue weighted by atomic mass is 79.9. The van der Waals surface area contributed by atoms with Crippen molar-refractivity contribution in [3.63, 3.8) is 0 Å². The van der Waals surface area contributed by atoms with Crippen LogP contribution in [0.1, 0.15) is 19.4 Å². The first-order valence-corrected chi connectivity index (χ1v) is 4.91. The lowest BCUT2D eigenvalue weighted by atomic mass is 10.2. The topological polar surface area (TPSA) is 51.5 Å². The highest BCUT2D eigenvalue weighted by molar-refractivity contribution is 9.10. The van der Waals surface area contributed by atoms with Crippen LogP contribution in [0.5, 0.6) is 0 Å². The van der Waals surface area contributed by atoms with Crippen LogP contribution in [0.25, 0.3) is 0 Å². The average molecular weight is 245 g/mol. The van der Waals surface area contributed by atoms with E-state index in [1.807, 2.05) is 19.9 Å². The van der Waals surface area contributed by atoms with E-state index < -0.39 is 0 Å². The predicted octanol–water partition coefficient (Wildman–Crippen LogP) is 2.56. The summed E-state index contributed by atoms with van der Waals surface area (Å²) in [5.41, 5.74) is 6.70. The maximum atomic E-state index is 5.68. The molecule has 0 bridgehead atoms. The van der Waals surface area contributed by atoms with Gasteiger partial charge in [0.1, 0.15) is 0 Å². The third-order valence-corrected chi connectivity index (χ3v) is 2.07. The molecule has 4 heteroatoms. The molecule has 0 aromatic carbocycles. The van der Waals surface area contributed by atoms with Crippen LogP contribution in [0.2, 0.25) is 0 Å². The molecule has 0 unspecified atom stereocenters. The number of nitrogens with zero attached hydrogens (tertiary/aromatic N) is 1. The molecule has 0 radical (unpaired) electrons. The number of amidine groups is 1. The van der Waals surface area contributed by atoms with Gasteiger partial charge in [0.2, 0.25) is 0 Å². The van der Waals surface area contributed by atoms with Crippen molar-refractivity contribution in [1.82, 2.24) is 0 Å². The Morgan fingerprint density at radius 2 is 2.38 bits per heavy atom. The van der Waals surface area contributed by atoms with Crippen LogP contribution in [0.4, 0.5) is 0 Å². The second-order valence-electron chi connectivity index (χ2n) is 3.15. The standard InChI is InChI=1S/C9H13BrN2O/c1-6(2)9(11)12-4-7-3-8(10)13-5-7/h3,5-6H,4H2,1-2H3,(H2,11,12). The third kappa shape index (κ3) is 3.22. The van der Waals surface area contributed by atoms with E-state index in [0.717, 1.165) is 10.2 Å². The molecule has 13 heavy (non-hydrogen) atoms. The summed E-state index contributed by atoms with van der Waals surface area (Å²) >= 11 is 3.22. The third-order valence-electron chi connectivity index (χ3n) is 1.66. The zero-order valence-electron chi connectivity index (χ0n) is 7.75. The largest absolute Gasteiger partial charge is 0.457 e. The predicted molar refractivity (Wildman–Crippen MR) is 56.6 cm³/mol. The van der Waals surface area contributed by atoms with Gasteiger partial charge in [-0.15, -0.1) is 0 Å². The molecule has 0 amide bonds. The maximum absolute atomic E-state index is 5.68. The maximum Gasteiger partial charge on any atom is 0.169 e. The van der Waals surface area contributed by atoms with Crippen LogP contribution in [0.3, 0.4) is 0 Å². The summed E-state index contributed by atoms with van der Waals surface area (Å²) < 4.78 is 5.79. The van der Waals surface area contributed by atoms with Gasteiger partial charge in [-0.05, 0) is 22.0 Å². The van der Waals surface area contributed by atoms with E-state index in [0.29, 0.717) is 18.3 Å². The molecule has 1 rings (SSSR count). The second kappa shape index (κ2) is 4.46. The summed E-state index contributed by atoms with van der Waals surface area (Å²) in [4.78, 5) is 4.22. The summed E-state index contributed by atoms with van der Waals surface area (Å²) in [6.07, 6.45) is 1.67. The molecule has 0 aliphatic carbocycles. The van der Waals surface area contributed by atoms with Crippen molar-refractivity contribution >= 4 is 21.8 Å². The lowest BCUT2D eigenvalue weighted by Crippen LogP contribution is -2.18. The van der Waals surface area contributed by atoms with Gasteiger partial charge >= 0.3 is 0 Å². The van der Waals surface area contributed by atoms with E-state index in [1.165, 1.54) is 0 Å². The highest BCUT2D eigenvalue weighted by Crippen LogP contribution is 2.14. The fourth-order valence-corrected chi connectivity index (χ4v) is 1.18. The van der Waals surface area contributed by atoms with Gasteiger partial charge in [0.25, 0.3) is 0 Å². The first kappa shape index (κ1) is 10.3. The Morgan fingerprint density at radius 3 is 2.85 bits per heavy atom. The molecule has 1 aromatic rings. The van der Waals surface area contributed by atoms with Gasteiger partial charge in [0.05, 0.1) is 18.6 Å². The number of hydrogen-bond donors (Lipinski definition) is 1. The van der Waals surface area contributed by atoms with Crippen LogP contribution in [-0.2, 0) is 6.54 Å². The van der Waals surface area contributed by atoms with Gasteiger partial charge < -0.3 is 10.2 Å². The normalized spacial score (nSPS) is 12.5. The number of furan rings is 1. The number of halogens is 1. The number of hydrogen-bond acceptors (Lipinski definition) is 2. The second-order valence-corrected chi connectivity index (χ2v) is 3.94. The molecule has 0 saturated carbocycles. The minimum absolute atomic E-state index is 0.301. The van der Waals surface area contributed by atoms with Crippen molar-refractivity contribution in [2.75, 3.05) is 0 Å². The molecule has 0 atom stereocenters. The van der Waals surface area contributed by atoms with Crippen molar-refractivity contribution in [2.24, 2.45) is 16.6 Å². The highest BCUT2D eigenvalue weighted by Gasteiger charge is 2.00. The van der Waals surface area contributed by atoms with Crippen molar-refractivity contribution in [1.29, 1.82) is 0 Å². The molecule has 0 saturated heterocycles. The van der Waals surface area contributed by atoms with Gasteiger partial charge in [-0.3, -0.25) is 4.99 Å². The molecule has 1 aromatic heterocycles. The Bertz CT molecular complexity index is 304. The summed E-state index contributed by atoms with van der Waals surface area (Å²) in [7, 11) is 0. The first-order valence-electron chi connectivity index (χ1n) is 4.12. The molecule has 2 N–H and O–H groups in total. The molecule has 1 heterocycles. The van der Waals surface area contributed by atoms with Crippen LogP contribution in [-0.4, -0.2) is 5.84 Å². The Kier molecular flexibility index (Phi) is 3.54. The lowest BCUT2D eigenvalue weighted by Gasteiger charge is -2.02. The minimum atomic E-state index is 0.301. The van der Waals surface area contributed by atoms with Crippen molar-refractivity contribution in [3.8, 4) is 0 Å². The van der Waals surface area contributed by atoms with Crippen LogP contribution in [0, 0.1) is 5.92 Å². The van der Waals surface area contributed by atoms with Gasteiger partial charge in [0.15, 0.2) is 4.67 Å². The SMILES string of the molecule is CC(C)C(N)=NCc1coc(Br)c1. The van der Waals surface area contributed by atoms with Crippen molar-refractivity contribution in [3.05, 3.63) is 22.6 Å². The van der Waals surface area contributed by atoms with Crippen LogP contribution < -0.4 is 5.73 Å². The lowest BCUT2D eigenvalue weighted by molar-refractivity contribution is 0.538. The smallest absolute Gasteiger partial charge is 0.169 e. The molecular formula is C9H13BrN2O. The summed E-state index contributed by atoms with van der Waals surface area (Å²) in [6.45, 7) is 4.62. The Morgan fingerprint density at radius 1 is 1.69 bits per heavy atom. The van der Waals surface area contributed by atoms with E-state index in [2.05, 4.69) is 20.9 Å². The zero-order valence-corrected chi connectivity index (χ0v) is 9.34. The zero-order chi connectivity index (χ0) is 9.84. The van der Waals surface area contributed by atoms with Crippen LogP contribution in [0.15, 0.2) is 26.4 Å². The fourth-order valence-electron chi connectivity index (χ4n) is 0.794. The van der Waals surface area contributed by atoms with E-state index in [4.69, 9.17) is 10.2 Å². The van der Waals surface area contributed by atoms with Gasteiger partial charge in [-0.1, -0.05) is 13.8 Å². The molecule has 0 aliphatic heterocycles. The first-order chi connectivity index (χ1) is 6.09. The van der Waals surface area contributed by atoms with E-state index in [-0.39, 0.29) is 0 Å². The van der Waals surface area contributed by atoms with Gasteiger partial charge in [-0.2, -0.15) is 0 Å². The minimum Gasteiger partial charge on any atom is -0.457 e. The molecule has 72 valence electrons. The number of aliphatic imine (C=N–C) groups is 1. The van der Waals surface area contributed by atoms with E-state index in [9.17, 15) is 0 Å². The van der Waals surface area contributed by atoms with Crippen LogP contribution >= 0.6 is 15.9 Å². The molecule has 3 nitrogen and oxygen atoms in total. The quantitative estimate of drug-likeness (QED) is 0.657. The van der Waals surface area contributed by atoms with Gasteiger partial charge in [-0.25, -0.2) is 0 Å². The Hall–Kier alpha value is -0.770.